The van der Waals surface area contributed by atoms with E-state index in [9.17, 15) is 32.7 Å². The van der Waals surface area contributed by atoms with Gasteiger partial charge in [-0.05, 0) is 18.1 Å². The van der Waals surface area contributed by atoms with E-state index in [4.69, 9.17) is 5.11 Å². The van der Waals surface area contributed by atoms with E-state index in [1.165, 1.54) is 13.1 Å². The number of alkyl halides is 3. The number of amides is 1. The number of carbonyl (C=O) groups is 3. The highest BCUT2D eigenvalue weighted by Gasteiger charge is 2.51. The van der Waals surface area contributed by atoms with Gasteiger partial charge < -0.3 is 15.1 Å². The van der Waals surface area contributed by atoms with Crippen molar-refractivity contribution in [1.82, 2.24) is 4.90 Å². The topological polar surface area (TPSA) is 94.9 Å². The first-order chi connectivity index (χ1) is 11.5. The third-order valence-corrected chi connectivity index (χ3v) is 4.02. The van der Waals surface area contributed by atoms with Crippen LogP contribution in [0.1, 0.15) is 17.5 Å². The fourth-order valence-corrected chi connectivity index (χ4v) is 2.79. The summed E-state index contributed by atoms with van der Waals surface area (Å²) in [6.07, 6.45) is -4.78. The molecule has 0 aromatic heterocycles. The first-order valence-electron chi connectivity index (χ1n) is 7.08. The zero-order chi connectivity index (χ0) is 19.0. The lowest BCUT2D eigenvalue weighted by atomic mass is 9.73. The van der Waals surface area contributed by atoms with Crippen LogP contribution in [0.4, 0.5) is 13.2 Å². The molecule has 1 aromatic rings. The van der Waals surface area contributed by atoms with E-state index >= 15 is 0 Å². The minimum atomic E-state index is -4.62. The first-order valence-corrected chi connectivity index (χ1v) is 7.08. The average Bonchev–Trinajstić information content (AvgIpc) is 2.50. The summed E-state index contributed by atoms with van der Waals surface area (Å²) in [4.78, 5) is 36.3. The van der Waals surface area contributed by atoms with E-state index in [2.05, 4.69) is 0 Å². The Morgan fingerprint density at radius 3 is 2.44 bits per heavy atom. The predicted molar refractivity (Wildman–Crippen MR) is 78.3 cm³/mol. The van der Waals surface area contributed by atoms with Crippen LogP contribution in [0.15, 0.2) is 36.0 Å². The molecule has 1 aromatic carbocycles. The Labute approximate surface area is 140 Å². The van der Waals surface area contributed by atoms with Gasteiger partial charge in [-0.1, -0.05) is 18.2 Å². The van der Waals surface area contributed by atoms with E-state index in [0.717, 1.165) is 29.3 Å². The lowest BCUT2D eigenvalue weighted by molar-refractivity contribution is -0.160. The summed E-state index contributed by atoms with van der Waals surface area (Å²) in [5, 5.41) is 18.7. The molecule has 1 aliphatic heterocycles. The molecule has 1 aliphatic rings. The van der Waals surface area contributed by atoms with E-state index in [1.54, 1.807) is 0 Å². The maximum Gasteiger partial charge on any atom is 0.416 e. The second-order valence-corrected chi connectivity index (χ2v) is 5.81. The number of halogens is 3. The molecule has 1 atom stereocenters. The predicted octanol–water partition coefficient (Wildman–Crippen LogP) is 2.15. The highest BCUT2D eigenvalue weighted by atomic mass is 19.4. The van der Waals surface area contributed by atoms with Crippen molar-refractivity contribution in [1.29, 1.82) is 0 Å². The van der Waals surface area contributed by atoms with Crippen molar-refractivity contribution in [3.8, 4) is 0 Å². The molecule has 0 spiro atoms. The van der Waals surface area contributed by atoms with Crippen LogP contribution in [-0.2, 0) is 27.0 Å². The van der Waals surface area contributed by atoms with Crippen LogP contribution in [-0.4, -0.2) is 40.0 Å². The van der Waals surface area contributed by atoms with Gasteiger partial charge in [-0.3, -0.25) is 9.59 Å². The number of nitrogens with zero attached hydrogens (tertiary/aromatic N) is 1. The summed E-state index contributed by atoms with van der Waals surface area (Å²) in [6, 6.07) is 3.97. The van der Waals surface area contributed by atoms with Crippen molar-refractivity contribution in [3.05, 3.63) is 47.2 Å². The van der Waals surface area contributed by atoms with Crippen molar-refractivity contribution in [3.63, 3.8) is 0 Å². The van der Waals surface area contributed by atoms with Gasteiger partial charge in [0.1, 0.15) is 0 Å². The zero-order valence-corrected chi connectivity index (χ0v) is 13.0. The molecule has 1 heterocycles. The summed E-state index contributed by atoms with van der Waals surface area (Å²) < 4.78 is 38.5. The number of aliphatic carboxylic acids is 2. The van der Waals surface area contributed by atoms with E-state index in [0.29, 0.717) is 0 Å². The molecule has 0 radical (unpaired) electrons. The van der Waals surface area contributed by atoms with Gasteiger partial charge in [-0.15, -0.1) is 0 Å². The number of hydrogen-bond acceptors (Lipinski definition) is 3. The van der Waals surface area contributed by atoms with Gasteiger partial charge in [-0.2, -0.15) is 13.2 Å². The van der Waals surface area contributed by atoms with Crippen molar-refractivity contribution in [2.24, 2.45) is 5.41 Å². The van der Waals surface area contributed by atoms with Gasteiger partial charge in [0.2, 0.25) is 5.91 Å². The maximum absolute atomic E-state index is 12.8. The van der Waals surface area contributed by atoms with Gasteiger partial charge in [0.05, 0.1) is 11.1 Å². The Bertz CT molecular complexity index is 771. The summed E-state index contributed by atoms with van der Waals surface area (Å²) in [5.74, 6) is -3.87. The first kappa shape index (κ1) is 18.5. The molecule has 0 saturated heterocycles. The van der Waals surface area contributed by atoms with Crippen molar-refractivity contribution < 1.29 is 37.8 Å². The highest BCUT2D eigenvalue weighted by molar-refractivity contribution is 6.06. The highest BCUT2D eigenvalue weighted by Crippen LogP contribution is 2.38. The molecule has 134 valence electrons. The van der Waals surface area contributed by atoms with E-state index in [1.807, 2.05) is 0 Å². The molecule has 2 rings (SSSR count). The molecule has 6 nitrogen and oxygen atoms in total. The Hall–Kier alpha value is -2.84. The van der Waals surface area contributed by atoms with E-state index < -0.39 is 47.8 Å². The fraction of sp³-hybridized carbons (Fsp3) is 0.312. The molecule has 1 unspecified atom stereocenters. The number of carboxylic acid groups (broad SMARTS) is 2. The Morgan fingerprint density at radius 2 is 1.92 bits per heavy atom. The standard InChI is InChI=1S/C16H14F3NO5/c1-20-8-10(12(21)22)7-15(13(20)23,14(24)25)6-9-3-2-4-11(5-9)16(17,18)19/h2-5,8H,6-7H2,1H3,(H,21,22)(H,24,25). The van der Waals surface area contributed by atoms with Crippen molar-refractivity contribution in [2.75, 3.05) is 7.05 Å². The number of carbonyl (C=O) groups excluding carboxylic acids is 1. The number of carboxylic acids is 2. The van der Waals surface area contributed by atoms with Crippen LogP contribution < -0.4 is 0 Å². The SMILES string of the molecule is CN1C=C(C(=O)O)CC(Cc2cccc(C(F)(F)F)c2)(C(=O)O)C1=O. The van der Waals surface area contributed by atoms with Gasteiger partial charge >= 0.3 is 18.1 Å². The number of hydrogen-bond donors (Lipinski definition) is 2. The normalized spacial score (nSPS) is 21.0. The Balaban J connectivity index is 2.49. The molecular formula is C16H14F3NO5. The fourth-order valence-electron chi connectivity index (χ4n) is 2.79. The Morgan fingerprint density at radius 1 is 1.28 bits per heavy atom. The second kappa shape index (κ2) is 6.23. The zero-order valence-electron chi connectivity index (χ0n) is 13.0. The summed E-state index contributed by atoms with van der Waals surface area (Å²) in [5.41, 5.74) is -3.49. The van der Waals surface area contributed by atoms with Gasteiger partial charge in [0.15, 0.2) is 5.41 Å². The average molecular weight is 357 g/mol. The lowest BCUT2D eigenvalue weighted by Crippen LogP contribution is -2.50. The van der Waals surface area contributed by atoms with Gasteiger partial charge in [-0.25, -0.2) is 4.79 Å². The third-order valence-electron chi connectivity index (χ3n) is 4.02. The summed E-state index contributed by atoms with van der Waals surface area (Å²) in [6.45, 7) is 0. The molecule has 9 heteroatoms. The van der Waals surface area contributed by atoms with Crippen molar-refractivity contribution >= 4 is 17.8 Å². The van der Waals surface area contributed by atoms with Crippen LogP contribution >= 0.6 is 0 Å². The maximum atomic E-state index is 12.8. The summed E-state index contributed by atoms with van der Waals surface area (Å²) in [7, 11) is 1.20. The molecule has 0 aliphatic carbocycles. The molecule has 0 fully saturated rings. The van der Waals surface area contributed by atoms with Crippen LogP contribution in [0.5, 0.6) is 0 Å². The van der Waals surface area contributed by atoms with Crippen LogP contribution in [0, 0.1) is 5.41 Å². The number of benzene rings is 1. The van der Waals surface area contributed by atoms with Crippen LogP contribution in [0.2, 0.25) is 0 Å². The molecular weight excluding hydrogens is 343 g/mol. The Kier molecular flexibility index (Phi) is 4.61. The van der Waals surface area contributed by atoms with Gasteiger partial charge in [0.25, 0.3) is 0 Å². The van der Waals surface area contributed by atoms with Gasteiger partial charge in [0, 0.05) is 19.7 Å². The second-order valence-electron chi connectivity index (χ2n) is 5.81. The minimum Gasteiger partial charge on any atom is -0.480 e. The molecule has 0 saturated carbocycles. The molecule has 2 N–H and O–H groups in total. The molecule has 0 bridgehead atoms. The third kappa shape index (κ3) is 3.49. The van der Waals surface area contributed by atoms with Crippen LogP contribution in [0.25, 0.3) is 0 Å². The largest absolute Gasteiger partial charge is 0.480 e. The van der Waals surface area contributed by atoms with Crippen molar-refractivity contribution in [2.45, 2.75) is 19.0 Å². The minimum absolute atomic E-state index is 0.0226. The molecule has 1 amide bonds. The van der Waals surface area contributed by atoms with E-state index in [-0.39, 0.29) is 11.1 Å². The smallest absolute Gasteiger partial charge is 0.416 e. The quantitative estimate of drug-likeness (QED) is 0.805. The monoisotopic (exact) mass is 357 g/mol. The number of rotatable bonds is 4. The van der Waals surface area contributed by atoms with Crippen LogP contribution in [0.3, 0.4) is 0 Å². The lowest BCUT2D eigenvalue weighted by Gasteiger charge is -2.35. The molecule has 25 heavy (non-hydrogen) atoms. The summed E-state index contributed by atoms with van der Waals surface area (Å²) >= 11 is 0.